The van der Waals surface area contributed by atoms with Gasteiger partial charge in [0.25, 0.3) is 5.91 Å². The molecule has 0 atom stereocenters. The molecule has 33 heavy (non-hydrogen) atoms. The first-order valence-corrected chi connectivity index (χ1v) is 9.68. The summed E-state index contributed by atoms with van der Waals surface area (Å²) in [5.41, 5.74) is 11.0. The smallest absolute Gasteiger partial charge is 0.294 e. The van der Waals surface area contributed by atoms with Crippen LogP contribution in [0.15, 0.2) is 52.2 Å². The zero-order valence-electron chi connectivity index (χ0n) is 18.0. The van der Waals surface area contributed by atoms with Crippen LogP contribution in [0.1, 0.15) is 21.6 Å². The summed E-state index contributed by atoms with van der Waals surface area (Å²) >= 11 is 0. The van der Waals surface area contributed by atoms with E-state index in [1.165, 1.54) is 18.0 Å². The Balaban J connectivity index is 1.66. The van der Waals surface area contributed by atoms with Crippen LogP contribution in [0.2, 0.25) is 0 Å². The van der Waals surface area contributed by atoms with Crippen LogP contribution in [-0.4, -0.2) is 51.6 Å². The van der Waals surface area contributed by atoms with Crippen LogP contribution in [0.25, 0.3) is 17.1 Å². The average molecular weight is 448 g/mol. The van der Waals surface area contributed by atoms with Gasteiger partial charge in [-0.05, 0) is 29.4 Å². The summed E-state index contributed by atoms with van der Waals surface area (Å²) in [5, 5.41) is 19.4. The Morgan fingerprint density at radius 1 is 1.15 bits per heavy atom. The lowest BCUT2D eigenvalue weighted by Gasteiger charge is -2.07. The number of hydrogen-bond donors (Lipinski definition) is 2. The van der Waals surface area contributed by atoms with Crippen LogP contribution in [-0.2, 0) is 0 Å². The van der Waals surface area contributed by atoms with Crippen molar-refractivity contribution in [3.8, 4) is 28.6 Å². The Labute approximate surface area is 188 Å². The first-order chi connectivity index (χ1) is 16.0. The Kier molecular flexibility index (Phi) is 5.98. The molecule has 0 unspecified atom stereocenters. The predicted molar refractivity (Wildman–Crippen MR) is 118 cm³/mol. The average Bonchev–Trinajstić information content (AvgIpc) is 3.45. The number of benzene rings is 2. The zero-order valence-corrected chi connectivity index (χ0v) is 18.0. The summed E-state index contributed by atoms with van der Waals surface area (Å²) in [6.07, 6.45) is 1.45. The molecule has 0 radical (unpaired) electrons. The lowest BCUT2D eigenvalue weighted by Crippen LogP contribution is -2.19. The number of methoxy groups -OCH3 is 2. The molecule has 3 N–H and O–H groups in total. The van der Waals surface area contributed by atoms with Gasteiger partial charge in [0, 0.05) is 17.2 Å². The number of nitrogen functional groups attached to an aromatic ring is 1. The lowest BCUT2D eigenvalue weighted by atomic mass is 10.1. The van der Waals surface area contributed by atoms with Crippen molar-refractivity contribution in [2.24, 2.45) is 5.10 Å². The number of carbonyl (C=O) groups is 1. The molecule has 0 saturated heterocycles. The summed E-state index contributed by atoms with van der Waals surface area (Å²) in [6, 6.07) is 12.7. The van der Waals surface area contributed by atoms with Gasteiger partial charge in [-0.15, -0.1) is 5.10 Å². The summed E-state index contributed by atoms with van der Waals surface area (Å²) < 4.78 is 16.5. The van der Waals surface area contributed by atoms with E-state index in [0.29, 0.717) is 28.3 Å². The van der Waals surface area contributed by atoms with Crippen LogP contribution in [0.5, 0.6) is 11.5 Å². The SMILES string of the molecule is COc1ccc(/C=N/NC(=O)c2nnn(-c3nonc3N)c2-c2ccc(C)cc2)c(OC)c1. The number of ether oxygens (including phenoxy) is 2. The highest BCUT2D eigenvalue weighted by Gasteiger charge is 2.25. The third-order valence-electron chi connectivity index (χ3n) is 4.72. The van der Waals surface area contributed by atoms with Crippen molar-refractivity contribution in [3.63, 3.8) is 0 Å². The molecule has 12 nitrogen and oxygen atoms in total. The van der Waals surface area contributed by atoms with E-state index >= 15 is 0 Å². The quantitative estimate of drug-likeness (QED) is 0.319. The topological polar surface area (TPSA) is 156 Å². The van der Waals surface area contributed by atoms with E-state index in [0.717, 1.165) is 5.56 Å². The van der Waals surface area contributed by atoms with Gasteiger partial charge in [0.1, 0.15) is 17.2 Å². The molecule has 0 aliphatic heterocycles. The maximum atomic E-state index is 12.9. The van der Waals surface area contributed by atoms with Crippen molar-refractivity contribution in [2.45, 2.75) is 6.92 Å². The highest BCUT2D eigenvalue weighted by molar-refractivity contribution is 5.99. The van der Waals surface area contributed by atoms with Gasteiger partial charge in [-0.2, -0.15) is 9.78 Å². The minimum absolute atomic E-state index is 0.00448. The maximum Gasteiger partial charge on any atom is 0.294 e. The van der Waals surface area contributed by atoms with E-state index in [1.54, 1.807) is 25.3 Å². The van der Waals surface area contributed by atoms with E-state index in [-0.39, 0.29) is 17.3 Å². The Morgan fingerprint density at radius 2 is 1.94 bits per heavy atom. The molecular formula is C21H20N8O4. The summed E-state index contributed by atoms with van der Waals surface area (Å²) in [4.78, 5) is 12.9. The predicted octanol–water partition coefficient (Wildman–Crippen LogP) is 1.99. The molecule has 0 aliphatic rings. The minimum Gasteiger partial charge on any atom is -0.497 e. The minimum atomic E-state index is -0.587. The van der Waals surface area contributed by atoms with E-state index in [2.05, 4.69) is 35.8 Å². The normalized spacial score (nSPS) is 11.0. The molecule has 4 aromatic rings. The molecule has 0 fully saturated rings. The molecular weight excluding hydrogens is 428 g/mol. The number of nitrogens with two attached hydrogens (primary N) is 1. The van der Waals surface area contributed by atoms with Gasteiger partial charge < -0.3 is 15.2 Å². The Hall–Kier alpha value is -4.74. The molecule has 1 amide bonds. The lowest BCUT2D eigenvalue weighted by molar-refractivity contribution is 0.0950. The highest BCUT2D eigenvalue weighted by Crippen LogP contribution is 2.27. The number of amides is 1. The van der Waals surface area contributed by atoms with Crippen molar-refractivity contribution in [3.05, 3.63) is 59.3 Å². The van der Waals surface area contributed by atoms with Gasteiger partial charge >= 0.3 is 0 Å². The van der Waals surface area contributed by atoms with Gasteiger partial charge in [-0.1, -0.05) is 35.0 Å². The van der Waals surface area contributed by atoms with Crippen molar-refractivity contribution in [2.75, 3.05) is 20.0 Å². The van der Waals surface area contributed by atoms with Gasteiger partial charge in [-0.25, -0.2) is 10.1 Å². The molecule has 168 valence electrons. The second-order valence-electron chi connectivity index (χ2n) is 6.84. The molecule has 12 heteroatoms. The summed E-state index contributed by atoms with van der Waals surface area (Å²) in [5.74, 6) is 0.700. The van der Waals surface area contributed by atoms with E-state index < -0.39 is 5.91 Å². The van der Waals surface area contributed by atoms with Crippen LogP contribution < -0.4 is 20.6 Å². The number of nitrogens with zero attached hydrogens (tertiary/aromatic N) is 6. The molecule has 2 heterocycles. The van der Waals surface area contributed by atoms with Crippen molar-refractivity contribution in [1.29, 1.82) is 0 Å². The number of hydrogen-bond acceptors (Lipinski definition) is 10. The van der Waals surface area contributed by atoms with E-state index in [4.69, 9.17) is 15.2 Å². The number of nitrogens with one attached hydrogen (secondary N) is 1. The number of carbonyl (C=O) groups excluding carboxylic acids is 1. The standard InChI is InChI=1S/C21H20N8O4/c1-12-4-6-13(7-5-12)18-17(24-28-29(18)20-19(22)26-33-27-20)21(30)25-23-11-14-8-9-15(31-2)10-16(14)32-3/h4-11H,1-3H3,(H2,22,26)(H,25,30)/b23-11+. The third kappa shape index (κ3) is 4.35. The second-order valence-corrected chi connectivity index (χ2v) is 6.84. The van der Waals surface area contributed by atoms with Gasteiger partial charge in [0.15, 0.2) is 5.69 Å². The fourth-order valence-corrected chi connectivity index (χ4v) is 3.03. The highest BCUT2D eigenvalue weighted by atomic mass is 16.6. The maximum absolute atomic E-state index is 12.9. The molecule has 0 saturated carbocycles. The second kappa shape index (κ2) is 9.18. The van der Waals surface area contributed by atoms with Crippen LogP contribution >= 0.6 is 0 Å². The van der Waals surface area contributed by atoms with Crippen LogP contribution in [0, 0.1) is 6.92 Å². The molecule has 0 spiro atoms. The van der Waals surface area contributed by atoms with Crippen LogP contribution in [0.4, 0.5) is 5.82 Å². The zero-order chi connectivity index (χ0) is 23.4. The third-order valence-corrected chi connectivity index (χ3v) is 4.72. The first-order valence-electron chi connectivity index (χ1n) is 9.68. The monoisotopic (exact) mass is 448 g/mol. The molecule has 0 aliphatic carbocycles. The largest absolute Gasteiger partial charge is 0.497 e. The number of aryl methyl sites for hydroxylation is 1. The van der Waals surface area contributed by atoms with Gasteiger partial charge in [0.05, 0.1) is 20.4 Å². The van der Waals surface area contributed by atoms with Gasteiger partial charge in [0.2, 0.25) is 11.6 Å². The van der Waals surface area contributed by atoms with Crippen molar-refractivity contribution < 1.29 is 18.9 Å². The molecule has 4 rings (SSSR count). The molecule has 2 aromatic heterocycles. The number of hydrazone groups is 1. The Bertz CT molecular complexity index is 1310. The molecule has 2 aromatic carbocycles. The van der Waals surface area contributed by atoms with E-state index in [1.807, 2.05) is 31.2 Å². The Morgan fingerprint density at radius 3 is 2.61 bits per heavy atom. The molecule has 0 bridgehead atoms. The first kappa shape index (κ1) is 21.5. The van der Waals surface area contributed by atoms with Crippen LogP contribution in [0.3, 0.4) is 0 Å². The summed E-state index contributed by atoms with van der Waals surface area (Å²) in [6.45, 7) is 1.95. The van der Waals surface area contributed by atoms with E-state index in [9.17, 15) is 4.79 Å². The fraction of sp³-hybridized carbons (Fsp3) is 0.143. The number of aromatic nitrogens is 5. The summed E-state index contributed by atoms with van der Waals surface area (Å²) in [7, 11) is 3.09. The number of rotatable bonds is 7. The van der Waals surface area contributed by atoms with Crippen molar-refractivity contribution >= 4 is 17.9 Å². The number of anilines is 1. The van der Waals surface area contributed by atoms with Crippen molar-refractivity contribution in [1.82, 2.24) is 30.7 Å². The fourth-order valence-electron chi connectivity index (χ4n) is 3.03. The van der Waals surface area contributed by atoms with Gasteiger partial charge in [-0.3, -0.25) is 4.79 Å².